The molecule has 0 unspecified atom stereocenters. The molecule has 0 rings (SSSR count). The fraction of sp³-hybridized carbons (Fsp3) is 0.273. The highest BCUT2D eigenvalue weighted by Crippen LogP contribution is 2.16. The van der Waals surface area contributed by atoms with Crippen molar-refractivity contribution in [3.63, 3.8) is 0 Å². The summed E-state index contributed by atoms with van der Waals surface area (Å²) < 4.78 is 0. The molecular formula is C11H16. The highest BCUT2D eigenvalue weighted by atomic mass is 14.0. The Morgan fingerprint density at radius 1 is 1.09 bits per heavy atom. The van der Waals surface area contributed by atoms with Crippen molar-refractivity contribution in [3.05, 3.63) is 48.1 Å². The minimum Gasteiger partial charge on any atom is -0.0985 e. The van der Waals surface area contributed by atoms with Crippen LogP contribution in [-0.2, 0) is 0 Å². The quantitative estimate of drug-likeness (QED) is 0.536. The molecule has 0 aliphatic heterocycles. The van der Waals surface area contributed by atoms with Crippen molar-refractivity contribution in [1.29, 1.82) is 0 Å². The number of allylic oxidation sites excluding steroid dienone is 6. The van der Waals surface area contributed by atoms with E-state index < -0.39 is 0 Å². The molecule has 0 saturated heterocycles. The zero-order valence-corrected chi connectivity index (χ0v) is 7.65. The highest BCUT2D eigenvalue weighted by molar-refractivity contribution is 5.46. The van der Waals surface area contributed by atoms with Gasteiger partial charge in [0.25, 0.3) is 0 Å². The topological polar surface area (TPSA) is 0 Å². The molecule has 0 atom stereocenters. The van der Waals surface area contributed by atoms with Crippen LogP contribution in [0.1, 0.15) is 20.8 Å². The third-order valence-corrected chi connectivity index (χ3v) is 1.58. The summed E-state index contributed by atoms with van der Waals surface area (Å²) in [6.45, 7) is 13.6. The monoisotopic (exact) mass is 148 g/mol. The molecule has 0 spiro atoms. The number of hydrogen-bond donors (Lipinski definition) is 0. The molecule has 0 nitrogen and oxygen atoms in total. The van der Waals surface area contributed by atoms with Gasteiger partial charge in [-0.05, 0) is 31.9 Å². The fourth-order valence-corrected chi connectivity index (χ4v) is 0.994. The molecule has 0 saturated carbocycles. The van der Waals surface area contributed by atoms with Crippen molar-refractivity contribution < 1.29 is 0 Å². The maximum absolute atomic E-state index is 3.75. The predicted molar refractivity (Wildman–Crippen MR) is 52.5 cm³/mol. The minimum atomic E-state index is 1.15. The predicted octanol–water partition coefficient (Wildman–Crippen LogP) is 3.64. The standard InChI is InChI=1S/C11H16/c1-6-10(7-2)11(8-3)9(4)5/h6-8H,1,3H2,2,4-5H3. The van der Waals surface area contributed by atoms with Gasteiger partial charge in [-0.25, -0.2) is 0 Å². The van der Waals surface area contributed by atoms with Crippen LogP contribution >= 0.6 is 0 Å². The van der Waals surface area contributed by atoms with E-state index in [2.05, 4.69) is 27.0 Å². The van der Waals surface area contributed by atoms with Gasteiger partial charge in [-0.3, -0.25) is 0 Å². The Balaban J connectivity index is 4.94. The van der Waals surface area contributed by atoms with Crippen LogP contribution in [0.3, 0.4) is 0 Å². The second-order valence-corrected chi connectivity index (χ2v) is 2.57. The molecule has 60 valence electrons. The smallest absolute Gasteiger partial charge is 0.0207 e. The van der Waals surface area contributed by atoms with Crippen LogP contribution in [0.5, 0.6) is 0 Å². The van der Waals surface area contributed by atoms with E-state index in [0.717, 1.165) is 5.57 Å². The molecule has 0 fully saturated rings. The summed E-state index contributed by atoms with van der Waals surface area (Å²) in [6, 6.07) is 0. The molecule has 0 aromatic heterocycles. The molecule has 0 bridgehead atoms. The summed E-state index contributed by atoms with van der Waals surface area (Å²) in [7, 11) is 0. The van der Waals surface area contributed by atoms with Gasteiger partial charge in [0.2, 0.25) is 0 Å². The van der Waals surface area contributed by atoms with E-state index in [4.69, 9.17) is 0 Å². The minimum absolute atomic E-state index is 1.15. The molecule has 0 heteroatoms. The SMILES string of the molecule is C=CC(=CC)C(C=C)=C(C)C. The zero-order chi connectivity index (χ0) is 8.85. The van der Waals surface area contributed by atoms with E-state index >= 15 is 0 Å². The second kappa shape index (κ2) is 4.73. The van der Waals surface area contributed by atoms with Crippen LogP contribution in [0.4, 0.5) is 0 Å². The van der Waals surface area contributed by atoms with Gasteiger partial charge in [0.1, 0.15) is 0 Å². The summed E-state index contributed by atoms with van der Waals surface area (Å²) in [5.74, 6) is 0. The molecule has 0 aliphatic carbocycles. The summed E-state index contributed by atoms with van der Waals surface area (Å²) in [4.78, 5) is 0. The van der Waals surface area contributed by atoms with Crippen LogP contribution in [0, 0.1) is 0 Å². The molecule has 0 heterocycles. The van der Waals surface area contributed by atoms with Crippen LogP contribution in [0.2, 0.25) is 0 Å². The summed E-state index contributed by atoms with van der Waals surface area (Å²) >= 11 is 0. The summed E-state index contributed by atoms with van der Waals surface area (Å²) in [6.07, 6.45) is 5.76. The van der Waals surface area contributed by atoms with E-state index in [1.807, 2.05) is 25.2 Å². The first-order valence-corrected chi connectivity index (χ1v) is 3.76. The molecule has 0 radical (unpaired) electrons. The van der Waals surface area contributed by atoms with Crippen molar-refractivity contribution in [2.75, 3.05) is 0 Å². The number of hydrogen-bond acceptors (Lipinski definition) is 0. The van der Waals surface area contributed by atoms with Gasteiger partial charge in [0.05, 0.1) is 0 Å². The molecule has 11 heavy (non-hydrogen) atoms. The largest absolute Gasteiger partial charge is 0.0985 e. The van der Waals surface area contributed by atoms with Gasteiger partial charge in [-0.2, -0.15) is 0 Å². The van der Waals surface area contributed by atoms with E-state index in [1.165, 1.54) is 11.1 Å². The highest BCUT2D eigenvalue weighted by Gasteiger charge is 1.96. The van der Waals surface area contributed by atoms with E-state index in [9.17, 15) is 0 Å². The Morgan fingerprint density at radius 2 is 1.64 bits per heavy atom. The molecule has 0 N–H and O–H groups in total. The van der Waals surface area contributed by atoms with Gasteiger partial charge in [0.15, 0.2) is 0 Å². The Bertz CT molecular complexity index is 210. The van der Waals surface area contributed by atoms with Gasteiger partial charge < -0.3 is 0 Å². The van der Waals surface area contributed by atoms with Crippen molar-refractivity contribution >= 4 is 0 Å². The van der Waals surface area contributed by atoms with Gasteiger partial charge in [-0.1, -0.05) is 37.0 Å². The van der Waals surface area contributed by atoms with E-state index in [-0.39, 0.29) is 0 Å². The molecule has 0 aromatic carbocycles. The van der Waals surface area contributed by atoms with Crippen molar-refractivity contribution in [2.24, 2.45) is 0 Å². The Morgan fingerprint density at radius 3 is 1.73 bits per heavy atom. The van der Waals surface area contributed by atoms with Crippen molar-refractivity contribution in [3.8, 4) is 0 Å². The van der Waals surface area contributed by atoms with Crippen LogP contribution in [0.25, 0.3) is 0 Å². The molecular weight excluding hydrogens is 132 g/mol. The third kappa shape index (κ3) is 2.58. The van der Waals surface area contributed by atoms with Crippen molar-refractivity contribution in [1.82, 2.24) is 0 Å². The van der Waals surface area contributed by atoms with Crippen molar-refractivity contribution in [2.45, 2.75) is 20.8 Å². The first kappa shape index (κ1) is 9.96. The van der Waals surface area contributed by atoms with Crippen LogP contribution in [0.15, 0.2) is 48.1 Å². The average Bonchev–Trinajstić information content (AvgIpc) is 1.99. The maximum atomic E-state index is 3.75. The molecule has 0 aliphatic rings. The molecule has 0 amide bonds. The Kier molecular flexibility index (Phi) is 4.28. The lowest BCUT2D eigenvalue weighted by Gasteiger charge is -2.04. The Hall–Kier alpha value is -1.04. The average molecular weight is 148 g/mol. The first-order chi connectivity index (χ1) is 5.17. The molecule has 0 aromatic rings. The lowest BCUT2D eigenvalue weighted by molar-refractivity contribution is 1.31. The third-order valence-electron chi connectivity index (χ3n) is 1.58. The van der Waals surface area contributed by atoms with E-state index in [1.54, 1.807) is 0 Å². The first-order valence-electron chi connectivity index (χ1n) is 3.76. The lowest BCUT2D eigenvalue weighted by atomic mass is 10.0. The van der Waals surface area contributed by atoms with Gasteiger partial charge >= 0.3 is 0 Å². The fourth-order valence-electron chi connectivity index (χ4n) is 0.994. The summed E-state index contributed by atoms with van der Waals surface area (Å²) in [5, 5.41) is 0. The van der Waals surface area contributed by atoms with Crippen LogP contribution in [-0.4, -0.2) is 0 Å². The summed E-state index contributed by atoms with van der Waals surface area (Å²) in [5.41, 5.74) is 3.61. The normalized spacial score (nSPS) is 10.6. The Labute approximate surface area is 69.6 Å². The maximum Gasteiger partial charge on any atom is -0.0207 e. The lowest BCUT2D eigenvalue weighted by Crippen LogP contribution is -1.84. The second-order valence-electron chi connectivity index (χ2n) is 2.57. The number of rotatable bonds is 3. The van der Waals surface area contributed by atoms with Gasteiger partial charge in [-0.15, -0.1) is 0 Å². The van der Waals surface area contributed by atoms with E-state index in [0.29, 0.717) is 0 Å². The van der Waals surface area contributed by atoms with Gasteiger partial charge in [0, 0.05) is 0 Å². The zero-order valence-electron chi connectivity index (χ0n) is 7.65. The van der Waals surface area contributed by atoms with Crippen LogP contribution < -0.4 is 0 Å².